The number of thiophene rings is 1. The Hall–Kier alpha value is -1.92. The van der Waals surface area contributed by atoms with E-state index in [4.69, 9.17) is 5.73 Å². The van der Waals surface area contributed by atoms with E-state index in [-0.39, 0.29) is 5.91 Å². The van der Waals surface area contributed by atoms with Crippen LogP contribution < -0.4 is 5.73 Å². The van der Waals surface area contributed by atoms with Gasteiger partial charge in [0.2, 0.25) is 0 Å². The minimum Gasteiger partial charge on any atom is -0.397 e. The van der Waals surface area contributed by atoms with Crippen LogP contribution in [0.1, 0.15) is 20.9 Å². The predicted molar refractivity (Wildman–Crippen MR) is 88.9 cm³/mol. The van der Waals surface area contributed by atoms with Gasteiger partial charge in [0.15, 0.2) is 0 Å². The van der Waals surface area contributed by atoms with E-state index in [0.29, 0.717) is 17.1 Å². The molecule has 1 aromatic carbocycles. The highest BCUT2D eigenvalue weighted by molar-refractivity contribution is 7.21. The van der Waals surface area contributed by atoms with Crippen molar-refractivity contribution in [3.8, 4) is 0 Å². The number of carbonyl (C=O) groups excluding carboxylic acids is 1. The van der Waals surface area contributed by atoms with Gasteiger partial charge < -0.3 is 10.6 Å². The molecule has 108 valence electrons. The minimum atomic E-state index is -0.0562. The highest BCUT2D eigenvalue weighted by atomic mass is 32.1. The molecule has 0 aliphatic heterocycles. The third-order valence-electron chi connectivity index (χ3n) is 3.31. The SMILES string of the molecule is Cc1ccc2c(N)c(C(=O)N(C)Cc3cscn3)sc2c1. The van der Waals surface area contributed by atoms with Gasteiger partial charge in [-0.1, -0.05) is 12.1 Å². The number of thiazole rings is 1. The van der Waals surface area contributed by atoms with Gasteiger partial charge in [-0.25, -0.2) is 4.98 Å². The van der Waals surface area contributed by atoms with E-state index in [1.165, 1.54) is 28.2 Å². The lowest BCUT2D eigenvalue weighted by Gasteiger charge is -2.15. The number of anilines is 1. The number of fused-ring (bicyclic) bond motifs is 1. The van der Waals surface area contributed by atoms with Gasteiger partial charge in [0, 0.05) is 22.5 Å². The first-order chi connectivity index (χ1) is 10.1. The van der Waals surface area contributed by atoms with E-state index in [1.807, 2.05) is 24.4 Å². The molecule has 1 amide bonds. The zero-order valence-electron chi connectivity index (χ0n) is 11.8. The number of amides is 1. The summed E-state index contributed by atoms with van der Waals surface area (Å²) in [7, 11) is 1.77. The van der Waals surface area contributed by atoms with Gasteiger partial charge in [0.1, 0.15) is 4.88 Å². The van der Waals surface area contributed by atoms with E-state index in [2.05, 4.69) is 11.1 Å². The maximum Gasteiger partial charge on any atom is 0.266 e. The van der Waals surface area contributed by atoms with Crippen LogP contribution in [0.25, 0.3) is 10.1 Å². The minimum absolute atomic E-state index is 0.0562. The van der Waals surface area contributed by atoms with E-state index >= 15 is 0 Å². The van der Waals surface area contributed by atoms with E-state index < -0.39 is 0 Å². The molecule has 0 atom stereocenters. The van der Waals surface area contributed by atoms with Gasteiger partial charge in [-0.05, 0) is 18.6 Å². The summed E-state index contributed by atoms with van der Waals surface area (Å²) in [5.74, 6) is -0.0562. The molecule has 4 nitrogen and oxygen atoms in total. The zero-order valence-corrected chi connectivity index (χ0v) is 13.4. The monoisotopic (exact) mass is 317 g/mol. The fourth-order valence-corrected chi connectivity index (χ4v) is 3.95. The molecular formula is C15H15N3OS2. The first-order valence-electron chi connectivity index (χ1n) is 6.47. The maximum atomic E-state index is 12.6. The van der Waals surface area contributed by atoms with Gasteiger partial charge in [-0.2, -0.15) is 0 Å². The maximum absolute atomic E-state index is 12.6. The Labute approximate surface area is 130 Å². The van der Waals surface area contributed by atoms with Crippen molar-refractivity contribution in [3.05, 3.63) is 45.2 Å². The van der Waals surface area contributed by atoms with Crippen molar-refractivity contribution in [3.63, 3.8) is 0 Å². The average Bonchev–Trinajstić information content (AvgIpc) is 3.06. The number of aromatic nitrogens is 1. The Morgan fingerprint density at radius 3 is 2.95 bits per heavy atom. The lowest BCUT2D eigenvalue weighted by molar-refractivity contribution is 0.0789. The summed E-state index contributed by atoms with van der Waals surface area (Å²) in [6.45, 7) is 2.53. The van der Waals surface area contributed by atoms with Crippen LogP contribution in [-0.2, 0) is 6.54 Å². The van der Waals surface area contributed by atoms with Crippen molar-refractivity contribution < 1.29 is 4.79 Å². The van der Waals surface area contributed by atoms with Crippen LogP contribution in [0.4, 0.5) is 5.69 Å². The highest BCUT2D eigenvalue weighted by Gasteiger charge is 2.20. The number of nitrogens with zero attached hydrogens (tertiary/aromatic N) is 2. The Balaban J connectivity index is 1.92. The summed E-state index contributed by atoms with van der Waals surface area (Å²) in [6.07, 6.45) is 0. The molecule has 0 saturated carbocycles. The van der Waals surface area contributed by atoms with Crippen LogP contribution in [-0.4, -0.2) is 22.8 Å². The molecule has 0 bridgehead atoms. The smallest absolute Gasteiger partial charge is 0.266 e. The van der Waals surface area contributed by atoms with Crippen LogP contribution in [0.15, 0.2) is 29.1 Å². The van der Waals surface area contributed by atoms with E-state index in [1.54, 1.807) is 17.5 Å². The first kappa shape index (κ1) is 14.0. The van der Waals surface area contributed by atoms with E-state index in [0.717, 1.165) is 15.8 Å². The number of nitrogen functional groups attached to an aromatic ring is 1. The van der Waals surface area contributed by atoms with Crippen LogP contribution >= 0.6 is 22.7 Å². The van der Waals surface area contributed by atoms with Crippen molar-refractivity contribution in [1.82, 2.24) is 9.88 Å². The van der Waals surface area contributed by atoms with Crippen molar-refractivity contribution in [1.29, 1.82) is 0 Å². The number of hydrogen-bond donors (Lipinski definition) is 1. The second-order valence-corrected chi connectivity index (χ2v) is 6.76. The molecule has 0 aliphatic carbocycles. The van der Waals surface area contributed by atoms with Crippen LogP contribution in [0.3, 0.4) is 0 Å². The standard InChI is InChI=1S/C15H15N3OS2/c1-9-3-4-11-12(5-9)21-14(13(11)16)15(19)18(2)6-10-7-20-8-17-10/h3-5,7-8H,6,16H2,1-2H3. The molecule has 0 spiro atoms. The molecule has 21 heavy (non-hydrogen) atoms. The van der Waals surface area contributed by atoms with Crippen LogP contribution in [0.2, 0.25) is 0 Å². The molecule has 6 heteroatoms. The normalized spacial score (nSPS) is 11.0. The van der Waals surface area contributed by atoms with Crippen molar-refractivity contribution >= 4 is 44.4 Å². The molecule has 0 fully saturated rings. The number of aryl methyl sites for hydroxylation is 1. The quantitative estimate of drug-likeness (QED) is 0.804. The fraction of sp³-hybridized carbons (Fsp3) is 0.200. The molecule has 2 N–H and O–H groups in total. The molecule has 0 saturated heterocycles. The Morgan fingerprint density at radius 2 is 2.24 bits per heavy atom. The van der Waals surface area contributed by atoms with Crippen LogP contribution in [0.5, 0.6) is 0 Å². The summed E-state index contributed by atoms with van der Waals surface area (Å²) in [5.41, 5.74) is 10.6. The summed E-state index contributed by atoms with van der Waals surface area (Å²) >= 11 is 2.98. The number of rotatable bonds is 3. The largest absolute Gasteiger partial charge is 0.397 e. The Morgan fingerprint density at radius 1 is 1.43 bits per heavy atom. The number of hydrogen-bond acceptors (Lipinski definition) is 5. The number of benzene rings is 1. The van der Waals surface area contributed by atoms with Gasteiger partial charge in [0.25, 0.3) is 5.91 Å². The topological polar surface area (TPSA) is 59.2 Å². The molecular weight excluding hydrogens is 302 g/mol. The number of nitrogens with two attached hydrogens (primary N) is 1. The molecule has 0 aliphatic rings. The second-order valence-electron chi connectivity index (χ2n) is 4.99. The first-order valence-corrected chi connectivity index (χ1v) is 8.23. The van der Waals surface area contributed by atoms with Gasteiger partial charge in [0.05, 0.1) is 23.4 Å². The van der Waals surface area contributed by atoms with Crippen LogP contribution in [0, 0.1) is 6.92 Å². The summed E-state index contributed by atoms with van der Waals surface area (Å²) in [6, 6.07) is 6.06. The zero-order chi connectivity index (χ0) is 15.0. The lowest BCUT2D eigenvalue weighted by Crippen LogP contribution is -2.26. The molecule has 3 rings (SSSR count). The molecule has 0 unspecified atom stereocenters. The Bertz CT molecular complexity index is 793. The summed E-state index contributed by atoms with van der Waals surface area (Å²) in [5, 5.41) is 2.90. The molecule has 3 aromatic rings. The fourth-order valence-electron chi connectivity index (χ4n) is 2.19. The average molecular weight is 317 g/mol. The Kier molecular flexibility index (Phi) is 3.65. The summed E-state index contributed by atoms with van der Waals surface area (Å²) in [4.78, 5) is 19.0. The van der Waals surface area contributed by atoms with Crippen molar-refractivity contribution in [2.24, 2.45) is 0 Å². The number of carbonyl (C=O) groups is 1. The lowest BCUT2D eigenvalue weighted by atomic mass is 10.1. The highest BCUT2D eigenvalue weighted by Crippen LogP contribution is 2.35. The van der Waals surface area contributed by atoms with Crippen molar-refractivity contribution in [2.75, 3.05) is 12.8 Å². The van der Waals surface area contributed by atoms with Gasteiger partial charge >= 0.3 is 0 Å². The van der Waals surface area contributed by atoms with E-state index in [9.17, 15) is 4.79 Å². The van der Waals surface area contributed by atoms with Crippen molar-refractivity contribution in [2.45, 2.75) is 13.5 Å². The second kappa shape index (κ2) is 5.46. The van der Waals surface area contributed by atoms with Gasteiger partial charge in [-0.3, -0.25) is 4.79 Å². The molecule has 0 radical (unpaired) electrons. The molecule has 2 heterocycles. The summed E-state index contributed by atoms with van der Waals surface area (Å²) < 4.78 is 1.05. The third kappa shape index (κ3) is 2.64. The van der Waals surface area contributed by atoms with Gasteiger partial charge in [-0.15, -0.1) is 22.7 Å². The molecule has 2 aromatic heterocycles. The predicted octanol–water partition coefficient (Wildman–Crippen LogP) is 3.52. The third-order valence-corrected chi connectivity index (χ3v) is 5.10.